The van der Waals surface area contributed by atoms with E-state index in [-0.39, 0.29) is 28.4 Å². The number of nitrogens with zero attached hydrogens (tertiary/aromatic N) is 1. The van der Waals surface area contributed by atoms with Crippen molar-refractivity contribution in [3.8, 4) is 0 Å². The van der Waals surface area contributed by atoms with Crippen LogP contribution in [-0.2, 0) is 16.6 Å². The van der Waals surface area contributed by atoms with Gasteiger partial charge in [0.05, 0.1) is 21.1 Å². The van der Waals surface area contributed by atoms with Gasteiger partial charge in [-0.1, -0.05) is 48.0 Å². The van der Waals surface area contributed by atoms with E-state index in [0.717, 1.165) is 17.2 Å². The molecule has 0 aromatic heterocycles. The van der Waals surface area contributed by atoms with Crippen LogP contribution in [0.15, 0.2) is 77.7 Å². The van der Waals surface area contributed by atoms with Crippen molar-refractivity contribution in [2.45, 2.75) is 18.4 Å². The molecule has 0 saturated carbocycles. The highest BCUT2D eigenvalue weighted by molar-refractivity contribution is 7.92. The molecule has 0 bridgehead atoms. The van der Waals surface area contributed by atoms with Gasteiger partial charge in [-0.2, -0.15) is 0 Å². The molecule has 3 rings (SSSR count). The summed E-state index contributed by atoms with van der Waals surface area (Å²) in [5.41, 5.74) is 1.88. The van der Waals surface area contributed by atoms with Crippen LogP contribution < -0.4 is 10.0 Å². The Bertz CT molecular complexity index is 1190. The van der Waals surface area contributed by atoms with Gasteiger partial charge in [0.25, 0.3) is 21.6 Å². The summed E-state index contributed by atoms with van der Waals surface area (Å²) in [5.74, 6) is -0.451. The van der Waals surface area contributed by atoms with Gasteiger partial charge in [0.15, 0.2) is 0 Å². The normalized spacial score (nSPS) is 11.0. The minimum absolute atomic E-state index is 0.0745. The van der Waals surface area contributed by atoms with E-state index in [1.54, 1.807) is 12.1 Å². The molecule has 0 fully saturated rings. The average Bonchev–Trinajstić information content (AvgIpc) is 2.73. The maximum atomic E-state index is 12.7. The molecule has 0 radical (unpaired) electrons. The summed E-state index contributed by atoms with van der Waals surface area (Å²) in [7, 11) is -4.13. The van der Waals surface area contributed by atoms with E-state index in [4.69, 9.17) is 0 Å². The largest absolute Gasteiger partial charge is 0.348 e. The molecule has 3 aromatic rings. The molecule has 2 N–H and O–H groups in total. The number of hydrogen-bond donors (Lipinski definition) is 2. The van der Waals surface area contributed by atoms with E-state index >= 15 is 0 Å². The van der Waals surface area contributed by atoms with Crippen LogP contribution in [0.1, 0.15) is 21.5 Å². The number of aryl methyl sites for hydroxylation is 1. The Morgan fingerprint density at radius 3 is 2.40 bits per heavy atom. The Morgan fingerprint density at radius 1 is 1.00 bits per heavy atom. The molecule has 9 heteroatoms. The fraction of sp³-hybridized carbons (Fsp3) is 0.0952. The van der Waals surface area contributed by atoms with Crippen LogP contribution in [0.2, 0.25) is 0 Å². The van der Waals surface area contributed by atoms with Crippen molar-refractivity contribution >= 4 is 27.3 Å². The lowest BCUT2D eigenvalue weighted by molar-refractivity contribution is -0.385. The third-order valence-corrected chi connectivity index (χ3v) is 5.69. The smallest absolute Gasteiger partial charge is 0.270 e. The maximum absolute atomic E-state index is 12.7. The van der Waals surface area contributed by atoms with Gasteiger partial charge in [-0.3, -0.25) is 19.6 Å². The monoisotopic (exact) mass is 425 g/mol. The number of hydrogen-bond acceptors (Lipinski definition) is 5. The molecular weight excluding hydrogens is 406 g/mol. The van der Waals surface area contributed by atoms with E-state index < -0.39 is 20.9 Å². The highest BCUT2D eigenvalue weighted by Crippen LogP contribution is 2.23. The SMILES string of the molecule is Cc1ccc(CNC(=O)c2ccccc2NS(=O)(=O)c2cccc([N+](=O)[O-])c2)cc1. The number of carbonyl (C=O) groups excluding carboxylic acids is 1. The van der Waals surface area contributed by atoms with E-state index in [0.29, 0.717) is 0 Å². The number of nitro groups is 1. The molecule has 0 aliphatic rings. The molecular formula is C21H19N3O5S. The van der Waals surface area contributed by atoms with Crippen LogP contribution in [-0.4, -0.2) is 19.2 Å². The molecule has 0 atom stereocenters. The molecule has 3 aromatic carbocycles. The zero-order valence-electron chi connectivity index (χ0n) is 16.0. The first-order valence-corrected chi connectivity index (χ1v) is 10.4. The lowest BCUT2D eigenvalue weighted by atomic mass is 10.1. The lowest BCUT2D eigenvalue weighted by Crippen LogP contribution is -2.25. The molecule has 0 spiro atoms. The Morgan fingerprint density at radius 2 is 1.70 bits per heavy atom. The molecule has 0 aliphatic carbocycles. The highest BCUT2D eigenvalue weighted by Gasteiger charge is 2.20. The van der Waals surface area contributed by atoms with Gasteiger partial charge < -0.3 is 5.32 Å². The number of nitro benzene ring substituents is 1. The minimum Gasteiger partial charge on any atom is -0.348 e. The van der Waals surface area contributed by atoms with Crippen molar-refractivity contribution in [2.75, 3.05) is 4.72 Å². The fourth-order valence-electron chi connectivity index (χ4n) is 2.72. The van der Waals surface area contributed by atoms with E-state index in [1.807, 2.05) is 31.2 Å². The fourth-order valence-corrected chi connectivity index (χ4v) is 3.84. The van der Waals surface area contributed by atoms with Crippen molar-refractivity contribution in [1.82, 2.24) is 5.32 Å². The summed E-state index contributed by atoms with van der Waals surface area (Å²) in [6.07, 6.45) is 0. The van der Waals surface area contributed by atoms with E-state index in [9.17, 15) is 23.3 Å². The van der Waals surface area contributed by atoms with Gasteiger partial charge in [-0.25, -0.2) is 8.42 Å². The molecule has 0 saturated heterocycles. The molecule has 0 heterocycles. The number of carbonyl (C=O) groups is 1. The zero-order valence-corrected chi connectivity index (χ0v) is 16.8. The second-order valence-corrected chi connectivity index (χ2v) is 8.26. The van der Waals surface area contributed by atoms with Gasteiger partial charge in [0.2, 0.25) is 0 Å². The predicted molar refractivity (Wildman–Crippen MR) is 113 cm³/mol. The van der Waals surface area contributed by atoms with Gasteiger partial charge >= 0.3 is 0 Å². The van der Waals surface area contributed by atoms with Crippen LogP contribution in [0, 0.1) is 17.0 Å². The van der Waals surface area contributed by atoms with Gasteiger partial charge in [0, 0.05) is 18.7 Å². The lowest BCUT2D eigenvalue weighted by Gasteiger charge is -2.13. The summed E-state index contributed by atoms with van der Waals surface area (Å²) in [4.78, 5) is 22.6. The number of rotatable bonds is 7. The summed E-state index contributed by atoms with van der Waals surface area (Å²) in [6, 6.07) is 18.5. The van der Waals surface area contributed by atoms with Crippen molar-refractivity contribution in [2.24, 2.45) is 0 Å². The molecule has 0 aliphatic heterocycles. The summed E-state index contributed by atoms with van der Waals surface area (Å²) in [6.45, 7) is 2.25. The van der Waals surface area contributed by atoms with Crippen LogP contribution in [0.4, 0.5) is 11.4 Å². The average molecular weight is 425 g/mol. The number of para-hydroxylation sites is 1. The van der Waals surface area contributed by atoms with Crippen LogP contribution in [0.5, 0.6) is 0 Å². The second kappa shape index (κ2) is 8.75. The Labute approximate surface area is 173 Å². The van der Waals surface area contributed by atoms with E-state index in [1.165, 1.54) is 30.3 Å². The molecule has 154 valence electrons. The molecule has 8 nitrogen and oxygen atoms in total. The highest BCUT2D eigenvalue weighted by atomic mass is 32.2. The number of amides is 1. The van der Waals surface area contributed by atoms with Crippen molar-refractivity contribution in [3.63, 3.8) is 0 Å². The van der Waals surface area contributed by atoms with Crippen LogP contribution in [0.3, 0.4) is 0 Å². The first-order chi connectivity index (χ1) is 14.3. The van der Waals surface area contributed by atoms with Crippen molar-refractivity contribution in [3.05, 3.63) is 99.6 Å². The van der Waals surface area contributed by atoms with E-state index in [2.05, 4.69) is 10.0 Å². The molecule has 0 unspecified atom stereocenters. The quantitative estimate of drug-likeness (QED) is 0.443. The maximum Gasteiger partial charge on any atom is 0.270 e. The second-order valence-electron chi connectivity index (χ2n) is 6.57. The topological polar surface area (TPSA) is 118 Å². The molecule has 30 heavy (non-hydrogen) atoms. The Balaban J connectivity index is 1.80. The predicted octanol–water partition coefficient (Wildman–Crippen LogP) is 3.63. The number of anilines is 1. The van der Waals surface area contributed by atoms with Crippen LogP contribution >= 0.6 is 0 Å². The third kappa shape index (κ3) is 5.00. The molecule has 1 amide bonds. The first kappa shape index (κ1) is 21.0. The number of non-ortho nitro benzene ring substituents is 1. The zero-order chi connectivity index (χ0) is 21.7. The van der Waals surface area contributed by atoms with Gasteiger partial charge in [-0.15, -0.1) is 0 Å². The number of benzene rings is 3. The standard InChI is InChI=1S/C21H19N3O5S/c1-15-9-11-16(12-10-15)14-22-21(25)19-7-2-3-8-20(19)23-30(28,29)18-6-4-5-17(13-18)24(26)27/h2-13,23H,14H2,1H3,(H,22,25). The van der Waals surface area contributed by atoms with Crippen molar-refractivity contribution in [1.29, 1.82) is 0 Å². The minimum atomic E-state index is -4.13. The third-order valence-electron chi connectivity index (χ3n) is 4.33. The van der Waals surface area contributed by atoms with Gasteiger partial charge in [-0.05, 0) is 30.7 Å². The summed E-state index contributed by atoms with van der Waals surface area (Å²) in [5, 5.41) is 13.7. The summed E-state index contributed by atoms with van der Waals surface area (Å²) >= 11 is 0. The summed E-state index contributed by atoms with van der Waals surface area (Å²) < 4.78 is 27.7. The number of nitrogens with one attached hydrogen (secondary N) is 2. The first-order valence-electron chi connectivity index (χ1n) is 8.96. The number of sulfonamides is 1. The van der Waals surface area contributed by atoms with Crippen LogP contribution in [0.25, 0.3) is 0 Å². The Hall–Kier alpha value is -3.72. The Kier molecular flexibility index (Phi) is 6.12. The van der Waals surface area contributed by atoms with Crippen molar-refractivity contribution < 1.29 is 18.1 Å². The van der Waals surface area contributed by atoms with Gasteiger partial charge in [0.1, 0.15) is 0 Å².